The van der Waals surface area contributed by atoms with Crippen LogP contribution in [0.15, 0.2) is 36.5 Å². The molecule has 1 atom stereocenters. The SMILES string of the molecule is COc1cc2c(cn1)N(C)C(=O)CN2c1ccc(OCCOCC(O)CO)cc1. The van der Waals surface area contributed by atoms with Gasteiger partial charge in [0.25, 0.3) is 0 Å². The van der Waals surface area contributed by atoms with E-state index in [0.717, 1.165) is 11.4 Å². The van der Waals surface area contributed by atoms with Crippen molar-refractivity contribution in [3.63, 3.8) is 0 Å². The highest BCUT2D eigenvalue weighted by atomic mass is 16.5. The second-order valence-electron chi connectivity index (χ2n) is 6.51. The standard InChI is InChI=1S/C20H25N3O6/c1-22-18-10-21-19(27-2)9-17(18)23(11-20(22)26)14-3-5-16(6-4-14)29-8-7-28-13-15(25)12-24/h3-6,9-10,15,24-25H,7-8,11-13H2,1-2H3. The maximum Gasteiger partial charge on any atom is 0.246 e. The van der Waals surface area contributed by atoms with Gasteiger partial charge in [-0.2, -0.15) is 0 Å². The number of fused-ring (bicyclic) bond motifs is 1. The molecule has 0 bridgehead atoms. The fraction of sp³-hybridized carbons (Fsp3) is 0.400. The lowest BCUT2D eigenvalue weighted by Crippen LogP contribution is -2.41. The topological polar surface area (TPSA) is 105 Å². The second-order valence-corrected chi connectivity index (χ2v) is 6.51. The van der Waals surface area contributed by atoms with Gasteiger partial charge in [-0.1, -0.05) is 0 Å². The largest absolute Gasteiger partial charge is 0.491 e. The Morgan fingerprint density at radius 3 is 2.66 bits per heavy atom. The van der Waals surface area contributed by atoms with Gasteiger partial charge in [0.2, 0.25) is 11.8 Å². The lowest BCUT2D eigenvalue weighted by molar-refractivity contribution is -0.117. The van der Waals surface area contributed by atoms with Gasteiger partial charge in [-0.3, -0.25) is 4.79 Å². The number of methoxy groups -OCH3 is 1. The maximum atomic E-state index is 12.4. The van der Waals surface area contributed by atoms with Crippen molar-refractivity contribution in [1.82, 2.24) is 4.98 Å². The van der Waals surface area contributed by atoms with Crippen molar-refractivity contribution in [3.8, 4) is 11.6 Å². The summed E-state index contributed by atoms with van der Waals surface area (Å²) < 4.78 is 16.1. The first-order valence-electron chi connectivity index (χ1n) is 9.21. The molecule has 29 heavy (non-hydrogen) atoms. The molecule has 9 nitrogen and oxygen atoms in total. The monoisotopic (exact) mass is 403 g/mol. The molecule has 0 saturated carbocycles. The van der Waals surface area contributed by atoms with Crippen LogP contribution in [-0.4, -0.2) is 74.3 Å². The van der Waals surface area contributed by atoms with E-state index in [2.05, 4.69) is 4.98 Å². The summed E-state index contributed by atoms with van der Waals surface area (Å²) in [5.41, 5.74) is 2.39. The average Bonchev–Trinajstić information content (AvgIpc) is 2.76. The molecule has 9 heteroatoms. The van der Waals surface area contributed by atoms with E-state index >= 15 is 0 Å². The summed E-state index contributed by atoms with van der Waals surface area (Å²) >= 11 is 0. The molecule has 0 fully saturated rings. The van der Waals surface area contributed by atoms with Crippen molar-refractivity contribution < 1.29 is 29.2 Å². The summed E-state index contributed by atoms with van der Waals surface area (Å²) in [4.78, 5) is 20.1. The first-order chi connectivity index (χ1) is 14.0. The van der Waals surface area contributed by atoms with Crippen LogP contribution in [0.1, 0.15) is 0 Å². The highest BCUT2D eigenvalue weighted by Crippen LogP contribution is 2.39. The number of benzene rings is 1. The molecular formula is C20H25N3O6. The maximum absolute atomic E-state index is 12.4. The number of carbonyl (C=O) groups excluding carboxylic acids is 1. The molecule has 0 radical (unpaired) electrons. The Hall–Kier alpha value is -2.88. The Bertz CT molecular complexity index is 829. The third kappa shape index (κ3) is 4.94. The van der Waals surface area contributed by atoms with Gasteiger partial charge in [-0.05, 0) is 24.3 Å². The van der Waals surface area contributed by atoms with Crippen molar-refractivity contribution >= 4 is 23.0 Å². The molecule has 0 aliphatic carbocycles. The lowest BCUT2D eigenvalue weighted by Gasteiger charge is -2.35. The third-order valence-electron chi connectivity index (χ3n) is 4.53. The van der Waals surface area contributed by atoms with Gasteiger partial charge >= 0.3 is 0 Å². The van der Waals surface area contributed by atoms with Crippen LogP contribution in [0.25, 0.3) is 0 Å². The van der Waals surface area contributed by atoms with E-state index < -0.39 is 6.10 Å². The number of ether oxygens (including phenoxy) is 3. The number of aliphatic hydroxyl groups is 2. The summed E-state index contributed by atoms with van der Waals surface area (Å²) in [5, 5.41) is 17.9. The number of carbonyl (C=O) groups is 1. The Labute approximate surface area is 169 Å². The van der Waals surface area contributed by atoms with Crippen molar-refractivity contribution in [2.45, 2.75) is 6.10 Å². The lowest BCUT2D eigenvalue weighted by atomic mass is 10.1. The summed E-state index contributed by atoms with van der Waals surface area (Å²) in [7, 11) is 3.28. The molecule has 2 heterocycles. The summed E-state index contributed by atoms with van der Waals surface area (Å²) in [6.07, 6.45) is 0.751. The normalized spacial score (nSPS) is 14.6. The quantitative estimate of drug-likeness (QED) is 0.597. The number of aromatic nitrogens is 1. The number of nitrogens with zero attached hydrogens (tertiary/aromatic N) is 3. The fourth-order valence-electron chi connectivity index (χ4n) is 2.91. The molecule has 3 rings (SSSR count). The molecule has 2 aromatic rings. The zero-order valence-corrected chi connectivity index (χ0v) is 16.4. The van der Waals surface area contributed by atoms with E-state index in [9.17, 15) is 9.90 Å². The minimum absolute atomic E-state index is 0.0352. The number of likely N-dealkylation sites (N-methyl/N-ethyl adjacent to an activating group) is 1. The molecule has 156 valence electrons. The summed E-state index contributed by atoms with van der Waals surface area (Å²) in [6, 6.07) is 9.19. The fourth-order valence-corrected chi connectivity index (χ4v) is 2.91. The Balaban J connectivity index is 1.67. The van der Waals surface area contributed by atoms with Crippen molar-refractivity contribution in [2.75, 3.05) is 56.9 Å². The smallest absolute Gasteiger partial charge is 0.246 e. The highest BCUT2D eigenvalue weighted by Gasteiger charge is 2.28. The number of aliphatic hydroxyl groups excluding tert-OH is 2. The minimum Gasteiger partial charge on any atom is -0.491 e. The molecule has 0 spiro atoms. The van der Waals surface area contributed by atoms with Crippen molar-refractivity contribution in [2.24, 2.45) is 0 Å². The molecule has 0 saturated heterocycles. The van der Waals surface area contributed by atoms with E-state index in [1.807, 2.05) is 29.2 Å². The van der Waals surface area contributed by atoms with Crippen LogP contribution in [0, 0.1) is 0 Å². The van der Waals surface area contributed by atoms with Crippen LogP contribution in [0.2, 0.25) is 0 Å². The second kappa shape index (κ2) is 9.55. The predicted molar refractivity (Wildman–Crippen MR) is 107 cm³/mol. The van der Waals surface area contributed by atoms with Gasteiger partial charge < -0.3 is 34.2 Å². The van der Waals surface area contributed by atoms with Gasteiger partial charge in [-0.15, -0.1) is 0 Å². The zero-order chi connectivity index (χ0) is 20.8. The molecule has 1 aliphatic heterocycles. The number of rotatable bonds is 9. The van der Waals surface area contributed by atoms with Gasteiger partial charge in [0, 0.05) is 18.8 Å². The number of anilines is 3. The van der Waals surface area contributed by atoms with Crippen LogP contribution < -0.4 is 19.3 Å². The van der Waals surface area contributed by atoms with Gasteiger partial charge in [0.1, 0.15) is 25.0 Å². The highest BCUT2D eigenvalue weighted by molar-refractivity contribution is 6.04. The average molecular weight is 403 g/mol. The summed E-state index contributed by atoms with van der Waals surface area (Å²) in [5.74, 6) is 1.10. The van der Waals surface area contributed by atoms with Crippen LogP contribution in [0.5, 0.6) is 11.6 Å². The van der Waals surface area contributed by atoms with Crippen molar-refractivity contribution in [1.29, 1.82) is 0 Å². The first kappa shape index (κ1) is 20.8. The molecule has 1 aromatic heterocycles. The minimum atomic E-state index is -0.878. The van der Waals surface area contributed by atoms with Crippen LogP contribution in [0.3, 0.4) is 0 Å². The Morgan fingerprint density at radius 1 is 1.21 bits per heavy atom. The van der Waals surface area contributed by atoms with E-state index in [4.69, 9.17) is 19.3 Å². The number of hydrogen-bond acceptors (Lipinski definition) is 8. The zero-order valence-electron chi connectivity index (χ0n) is 16.4. The molecular weight excluding hydrogens is 378 g/mol. The third-order valence-corrected chi connectivity index (χ3v) is 4.53. The number of amides is 1. The van der Waals surface area contributed by atoms with Crippen molar-refractivity contribution in [3.05, 3.63) is 36.5 Å². The number of pyridine rings is 1. The molecule has 1 aliphatic rings. The Kier molecular flexibility index (Phi) is 6.86. The van der Waals surface area contributed by atoms with Gasteiger partial charge in [0.15, 0.2) is 0 Å². The predicted octanol–water partition coefficient (Wildman–Crippen LogP) is 0.953. The van der Waals surface area contributed by atoms with Gasteiger partial charge in [0.05, 0.1) is 44.5 Å². The molecule has 1 unspecified atom stereocenters. The van der Waals surface area contributed by atoms with Crippen LogP contribution >= 0.6 is 0 Å². The van der Waals surface area contributed by atoms with E-state index in [-0.39, 0.29) is 25.7 Å². The van der Waals surface area contributed by atoms with E-state index in [1.165, 1.54) is 0 Å². The molecule has 1 aromatic carbocycles. The summed E-state index contributed by atoms with van der Waals surface area (Å²) in [6.45, 7) is 0.552. The van der Waals surface area contributed by atoms with Gasteiger partial charge in [-0.25, -0.2) is 4.98 Å². The van der Waals surface area contributed by atoms with Crippen LogP contribution in [-0.2, 0) is 9.53 Å². The first-order valence-corrected chi connectivity index (χ1v) is 9.21. The Morgan fingerprint density at radius 2 is 1.97 bits per heavy atom. The van der Waals surface area contributed by atoms with E-state index in [0.29, 0.717) is 30.5 Å². The number of hydrogen-bond donors (Lipinski definition) is 2. The van der Waals surface area contributed by atoms with Crippen LogP contribution in [0.4, 0.5) is 17.1 Å². The molecule has 1 amide bonds. The molecule has 2 N–H and O–H groups in total. The van der Waals surface area contributed by atoms with E-state index in [1.54, 1.807) is 31.3 Å².